The van der Waals surface area contributed by atoms with Crippen molar-refractivity contribution in [3.8, 4) is 0 Å². The Morgan fingerprint density at radius 3 is 2.61 bits per heavy atom. The summed E-state index contributed by atoms with van der Waals surface area (Å²) < 4.78 is 22.8. The van der Waals surface area contributed by atoms with Crippen molar-refractivity contribution in [2.75, 3.05) is 6.61 Å². The molecule has 2 heterocycles. The number of ketones is 1. The molecule has 0 spiro atoms. The molecule has 4 aliphatic rings. The van der Waals surface area contributed by atoms with Crippen molar-refractivity contribution in [1.82, 2.24) is 20.0 Å². The molecule has 0 bridgehead atoms. The maximum absolute atomic E-state index is 15.3. The quantitative estimate of drug-likeness (QED) is 0.254. The number of aromatic nitrogens is 4. The Labute approximate surface area is 241 Å². The van der Waals surface area contributed by atoms with Crippen molar-refractivity contribution in [2.24, 2.45) is 17.3 Å². The Morgan fingerprint density at radius 1 is 1.12 bits per heavy atom. The van der Waals surface area contributed by atoms with Crippen LogP contribution in [0.15, 0.2) is 41.6 Å². The first-order valence-corrected chi connectivity index (χ1v) is 15.4. The summed E-state index contributed by atoms with van der Waals surface area (Å²) in [6.07, 6.45) is 17.2. The number of hydrogen-bond donors (Lipinski definition) is 0. The monoisotopic (exact) mass is 560 g/mol. The largest absolute Gasteiger partial charge is 0.465 e. The molecule has 7 nitrogen and oxygen atoms in total. The van der Waals surface area contributed by atoms with E-state index in [0.29, 0.717) is 30.2 Å². The third kappa shape index (κ3) is 6.36. The van der Waals surface area contributed by atoms with Gasteiger partial charge < -0.3 is 4.74 Å². The first kappa shape index (κ1) is 28.0. The number of ether oxygens (including phenoxy) is 1. The molecule has 2 aromatic heterocycles. The van der Waals surface area contributed by atoms with E-state index in [1.807, 2.05) is 17.7 Å². The Hall–Kier alpha value is -3.16. The normalized spacial score (nSPS) is 27.6. The van der Waals surface area contributed by atoms with Crippen molar-refractivity contribution in [2.45, 2.75) is 103 Å². The fraction of sp³-hybridized carbons (Fsp3) is 0.606. The van der Waals surface area contributed by atoms with E-state index in [4.69, 9.17) is 4.74 Å². The van der Waals surface area contributed by atoms with Gasteiger partial charge in [0.2, 0.25) is 0 Å². The van der Waals surface area contributed by atoms with E-state index in [2.05, 4.69) is 22.2 Å². The molecular formula is C33H41FN4O3. The van der Waals surface area contributed by atoms with Gasteiger partial charge in [0.15, 0.2) is 5.78 Å². The van der Waals surface area contributed by atoms with Gasteiger partial charge in [0.25, 0.3) is 0 Å². The number of nitrogens with zero attached hydrogens (tertiary/aromatic N) is 4. The number of alkyl halides is 1. The minimum Gasteiger partial charge on any atom is -0.465 e. The summed E-state index contributed by atoms with van der Waals surface area (Å²) in [5, 5.41) is 8.87. The molecule has 0 amide bonds. The van der Waals surface area contributed by atoms with Crippen LogP contribution in [0.4, 0.5) is 4.39 Å². The van der Waals surface area contributed by atoms with E-state index in [9.17, 15) is 9.59 Å². The molecule has 218 valence electrons. The molecular weight excluding hydrogens is 519 g/mol. The molecule has 3 saturated carbocycles. The molecule has 4 aliphatic carbocycles. The smallest absolute Gasteiger partial charge is 0.306 e. The topological polar surface area (TPSA) is 87.0 Å². The number of esters is 1. The highest BCUT2D eigenvalue weighted by Gasteiger charge is 2.39. The van der Waals surface area contributed by atoms with Gasteiger partial charge in [-0.25, -0.2) is 9.07 Å². The first-order valence-electron chi connectivity index (χ1n) is 15.4. The predicted octanol–water partition coefficient (Wildman–Crippen LogP) is 7.05. The zero-order chi connectivity index (χ0) is 28.6. The third-order valence-electron chi connectivity index (χ3n) is 9.63. The minimum atomic E-state index is -1.39. The van der Waals surface area contributed by atoms with Gasteiger partial charge in [0.05, 0.1) is 30.5 Å². The van der Waals surface area contributed by atoms with Gasteiger partial charge >= 0.3 is 5.97 Å². The SMILES string of the molecule is CC1=CC(C(=O)C=C2CCCCC2)C(F)C=C1c1cc2nnn(C3CCC(CC(=O)OCC4(C)CC4)CC3)c2cn1. The predicted molar refractivity (Wildman–Crippen MR) is 156 cm³/mol. The van der Waals surface area contributed by atoms with Crippen molar-refractivity contribution in [3.05, 3.63) is 47.3 Å². The van der Waals surface area contributed by atoms with E-state index in [-0.39, 0.29) is 23.2 Å². The van der Waals surface area contributed by atoms with E-state index in [1.54, 1.807) is 18.3 Å². The van der Waals surface area contributed by atoms with E-state index in [1.165, 1.54) is 12.5 Å². The van der Waals surface area contributed by atoms with Crippen LogP contribution in [0, 0.1) is 17.3 Å². The molecule has 41 heavy (non-hydrogen) atoms. The lowest BCUT2D eigenvalue weighted by Gasteiger charge is -2.28. The molecule has 2 unspecified atom stereocenters. The van der Waals surface area contributed by atoms with E-state index in [0.717, 1.165) is 86.4 Å². The van der Waals surface area contributed by atoms with Crippen LogP contribution >= 0.6 is 0 Å². The number of fused-ring (bicyclic) bond motifs is 1. The van der Waals surface area contributed by atoms with Crippen LogP contribution in [-0.2, 0) is 14.3 Å². The van der Waals surface area contributed by atoms with Crippen molar-refractivity contribution < 1.29 is 18.7 Å². The lowest BCUT2D eigenvalue weighted by atomic mass is 9.84. The number of rotatable bonds is 8. The van der Waals surface area contributed by atoms with E-state index < -0.39 is 12.1 Å². The Bertz CT molecular complexity index is 1400. The molecule has 0 radical (unpaired) electrons. The van der Waals surface area contributed by atoms with Crippen LogP contribution in [0.25, 0.3) is 16.6 Å². The highest BCUT2D eigenvalue weighted by Crippen LogP contribution is 2.45. The summed E-state index contributed by atoms with van der Waals surface area (Å²) in [5.74, 6) is -0.648. The summed E-state index contributed by atoms with van der Waals surface area (Å²) in [7, 11) is 0. The Morgan fingerprint density at radius 2 is 1.88 bits per heavy atom. The molecule has 0 saturated heterocycles. The first-order chi connectivity index (χ1) is 19.8. The molecule has 3 fully saturated rings. The third-order valence-corrected chi connectivity index (χ3v) is 9.63. The minimum absolute atomic E-state index is 0.0710. The van der Waals surface area contributed by atoms with Gasteiger partial charge in [0.1, 0.15) is 17.2 Å². The van der Waals surface area contributed by atoms with Gasteiger partial charge in [-0.05, 0) is 101 Å². The average Bonchev–Trinajstić information content (AvgIpc) is 3.57. The van der Waals surface area contributed by atoms with Gasteiger partial charge in [-0.15, -0.1) is 5.10 Å². The summed E-state index contributed by atoms with van der Waals surface area (Å²) in [6, 6.07) is 2.07. The molecule has 2 aromatic rings. The average molecular weight is 561 g/mol. The fourth-order valence-corrected chi connectivity index (χ4v) is 6.58. The van der Waals surface area contributed by atoms with Crippen molar-refractivity contribution in [3.63, 3.8) is 0 Å². The second-order valence-electron chi connectivity index (χ2n) is 13.1. The standard InChI is InChI=1S/C33H41FN4O3/c1-21-14-26(31(39)15-22-6-4-3-5-7-22)27(34)17-25(21)28-18-29-30(19-35-28)38(37-36-29)24-10-8-23(9-11-24)16-32(40)41-20-33(2)12-13-33/h14-15,17-19,23-24,26-27H,3-13,16,20H2,1-2H3. The van der Waals surface area contributed by atoms with Crippen LogP contribution in [-0.4, -0.2) is 44.5 Å². The Balaban J connectivity index is 1.08. The number of hydrogen-bond acceptors (Lipinski definition) is 6. The van der Waals surface area contributed by atoms with Gasteiger partial charge in [-0.3, -0.25) is 14.6 Å². The molecule has 8 heteroatoms. The molecule has 0 aliphatic heterocycles. The zero-order valence-electron chi connectivity index (χ0n) is 24.3. The molecule has 0 aromatic carbocycles. The zero-order valence-corrected chi connectivity index (χ0v) is 24.3. The maximum Gasteiger partial charge on any atom is 0.306 e. The lowest BCUT2D eigenvalue weighted by Crippen LogP contribution is -2.24. The number of allylic oxidation sites excluding steroid dienone is 6. The van der Waals surface area contributed by atoms with Crippen LogP contribution in [0.2, 0.25) is 0 Å². The van der Waals surface area contributed by atoms with Crippen LogP contribution in [0.1, 0.15) is 103 Å². The summed E-state index contributed by atoms with van der Waals surface area (Å²) in [5.41, 5.74) is 5.14. The second-order valence-corrected chi connectivity index (χ2v) is 13.1. The Kier molecular flexibility index (Phi) is 7.92. The van der Waals surface area contributed by atoms with Crippen LogP contribution in [0.3, 0.4) is 0 Å². The summed E-state index contributed by atoms with van der Waals surface area (Å²) in [4.78, 5) is 29.9. The number of carbonyl (C=O) groups is 2. The summed E-state index contributed by atoms with van der Waals surface area (Å²) >= 11 is 0. The van der Waals surface area contributed by atoms with Gasteiger partial charge in [0, 0.05) is 17.4 Å². The number of carbonyl (C=O) groups excluding carboxylic acids is 2. The fourth-order valence-electron chi connectivity index (χ4n) is 6.58. The summed E-state index contributed by atoms with van der Waals surface area (Å²) in [6.45, 7) is 4.63. The van der Waals surface area contributed by atoms with E-state index >= 15 is 4.39 Å². The second kappa shape index (κ2) is 11.6. The molecule has 6 rings (SSSR count). The van der Waals surface area contributed by atoms with Crippen molar-refractivity contribution >= 4 is 28.4 Å². The van der Waals surface area contributed by atoms with Crippen molar-refractivity contribution in [1.29, 1.82) is 0 Å². The molecule has 0 N–H and O–H groups in total. The van der Waals surface area contributed by atoms with Crippen LogP contribution in [0.5, 0.6) is 0 Å². The number of pyridine rings is 1. The number of halogens is 1. The maximum atomic E-state index is 15.3. The highest BCUT2D eigenvalue weighted by atomic mass is 19.1. The molecule has 2 atom stereocenters. The lowest BCUT2D eigenvalue weighted by molar-refractivity contribution is -0.146. The van der Waals surface area contributed by atoms with Gasteiger partial charge in [-0.2, -0.15) is 0 Å². The van der Waals surface area contributed by atoms with Crippen LogP contribution < -0.4 is 0 Å². The van der Waals surface area contributed by atoms with Gasteiger partial charge in [-0.1, -0.05) is 30.2 Å². The highest BCUT2D eigenvalue weighted by molar-refractivity contribution is 5.96.